The fraction of sp³-hybridized carbons (Fsp3) is 0.667. The molecule has 1 aliphatic carbocycles. The van der Waals surface area contributed by atoms with Gasteiger partial charge in [0.2, 0.25) is 5.88 Å². The van der Waals surface area contributed by atoms with Crippen LogP contribution in [0.15, 0.2) is 12.1 Å². The average Bonchev–Trinajstić information content (AvgIpc) is 2.87. The van der Waals surface area contributed by atoms with Crippen molar-refractivity contribution in [3.63, 3.8) is 0 Å². The normalized spacial score (nSPS) is 16.9. The topological polar surface area (TPSA) is 22.1 Å². The van der Waals surface area contributed by atoms with Crippen molar-refractivity contribution < 1.29 is 17.9 Å². The highest BCUT2D eigenvalue weighted by atomic mass is 19.4. The number of hydrogen-bond donors (Lipinski definition) is 0. The van der Waals surface area contributed by atoms with Gasteiger partial charge in [0.25, 0.3) is 0 Å². The van der Waals surface area contributed by atoms with Crippen LogP contribution in [0.5, 0.6) is 5.88 Å². The molecular formula is C15H20F3NO. The van der Waals surface area contributed by atoms with Crippen molar-refractivity contribution in [2.45, 2.75) is 51.6 Å². The summed E-state index contributed by atoms with van der Waals surface area (Å²) in [5.41, 5.74) is -0.153. The summed E-state index contributed by atoms with van der Waals surface area (Å²) in [7, 11) is 0. The molecule has 0 radical (unpaired) electrons. The maximum Gasteiger partial charge on any atom is 0.433 e. The highest BCUT2D eigenvalue weighted by molar-refractivity contribution is 5.31. The summed E-state index contributed by atoms with van der Waals surface area (Å²) in [5.74, 6) is 0.677. The van der Waals surface area contributed by atoms with Crippen LogP contribution in [0.1, 0.15) is 56.7 Å². The van der Waals surface area contributed by atoms with Crippen LogP contribution in [0.4, 0.5) is 13.2 Å². The zero-order chi connectivity index (χ0) is 14.8. The molecule has 1 heterocycles. The fourth-order valence-electron chi connectivity index (χ4n) is 2.54. The van der Waals surface area contributed by atoms with E-state index in [1.807, 2.05) is 13.8 Å². The standard InChI is InChI=1S/C15H20F3NO/c1-10(2)12-7-8-13(15(16,17)18)19-14(12)20-9-11-5-3-4-6-11/h7-8,10-11H,3-6,9H2,1-2H3. The smallest absolute Gasteiger partial charge is 0.433 e. The van der Waals surface area contributed by atoms with E-state index >= 15 is 0 Å². The van der Waals surface area contributed by atoms with Gasteiger partial charge in [0, 0.05) is 5.56 Å². The van der Waals surface area contributed by atoms with Crippen LogP contribution < -0.4 is 4.74 Å². The van der Waals surface area contributed by atoms with E-state index < -0.39 is 11.9 Å². The molecule has 0 spiro atoms. The Labute approximate surface area is 117 Å². The number of alkyl halides is 3. The number of rotatable bonds is 4. The number of nitrogens with zero attached hydrogens (tertiary/aromatic N) is 1. The molecule has 0 atom stereocenters. The van der Waals surface area contributed by atoms with E-state index in [1.54, 1.807) is 0 Å². The first-order valence-corrected chi connectivity index (χ1v) is 7.09. The van der Waals surface area contributed by atoms with Crippen LogP contribution in [0, 0.1) is 5.92 Å². The van der Waals surface area contributed by atoms with Crippen molar-refractivity contribution in [1.82, 2.24) is 4.98 Å². The van der Waals surface area contributed by atoms with E-state index in [1.165, 1.54) is 18.9 Å². The zero-order valence-corrected chi connectivity index (χ0v) is 11.8. The number of hydrogen-bond acceptors (Lipinski definition) is 2. The van der Waals surface area contributed by atoms with E-state index in [-0.39, 0.29) is 11.8 Å². The summed E-state index contributed by atoms with van der Waals surface area (Å²) in [5, 5.41) is 0. The van der Waals surface area contributed by atoms with E-state index in [9.17, 15) is 13.2 Å². The Morgan fingerprint density at radius 2 is 1.90 bits per heavy atom. The highest BCUT2D eigenvalue weighted by Crippen LogP contribution is 2.33. The van der Waals surface area contributed by atoms with E-state index in [4.69, 9.17) is 4.74 Å². The minimum Gasteiger partial charge on any atom is -0.477 e. The van der Waals surface area contributed by atoms with Gasteiger partial charge in [-0.05, 0) is 30.7 Å². The molecule has 5 heteroatoms. The molecule has 0 aliphatic heterocycles. The Bertz CT molecular complexity index is 451. The highest BCUT2D eigenvalue weighted by Gasteiger charge is 2.33. The summed E-state index contributed by atoms with van der Waals surface area (Å²) in [4.78, 5) is 3.68. The molecule has 20 heavy (non-hydrogen) atoms. The van der Waals surface area contributed by atoms with Gasteiger partial charge in [0.1, 0.15) is 5.69 Å². The molecule has 1 fully saturated rings. The molecule has 0 N–H and O–H groups in total. The van der Waals surface area contributed by atoms with Gasteiger partial charge in [0.15, 0.2) is 0 Å². The maximum absolute atomic E-state index is 12.7. The van der Waals surface area contributed by atoms with Gasteiger partial charge in [-0.1, -0.05) is 32.8 Å². The van der Waals surface area contributed by atoms with Gasteiger partial charge < -0.3 is 4.74 Å². The Morgan fingerprint density at radius 1 is 1.25 bits per heavy atom. The monoisotopic (exact) mass is 287 g/mol. The average molecular weight is 287 g/mol. The largest absolute Gasteiger partial charge is 0.477 e. The summed E-state index contributed by atoms with van der Waals surface area (Å²) in [6.45, 7) is 4.31. The lowest BCUT2D eigenvalue weighted by Crippen LogP contribution is -2.14. The Hall–Kier alpha value is -1.26. The molecule has 2 rings (SSSR count). The molecule has 0 amide bonds. The third kappa shape index (κ3) is 3.64. The number of halogens is 3. The van der Waals surface area contributed by atoms with Crippen LogP contribution in [-0.4, -0.2) is 11.6 Å². The summed E-state index contributed by atoms with van der Waals surface area (Å²) < 4.78 is 43.8. The van der Waals surface area contributed by atoms with Crippen molar-refractivity contribution in [3.8, 4) is 5.88 Å². The second-order valence-corrected chi connectivity index (χ2v) is 5.70. The number of ether oxygens (including phenoxy) is 1. The molecule has 0 aromatic carbocycles. The molecular weight excluding hydrogens is 267 g/mol. The molecule has 0 unspecified atom stereocenters. The Balaban J connectivity index is 2.17. The Morgan fingerprint density at radius 3 is 2.45 bits per heavy atom. The molecule has 0 saturated heterocycles. The van der Waals surface area contributed by atoms with Crippen molar-refractivity contribution >= 4 is 0 Å². The van der Waals surface area contributed by atoms with E-state index in [0.29, 0.717) is 12.5 Å². The van der Waals surface area contributed by atoms with Crippen molar-refractivity contribution in [2.75, 3.05) is 6.61 Å². The van der Waals surface area contributed by atoms with Crippen molar-refractivity contribution in [1.29, 1.82) is 0 Å². The third-order valence-electron chi connectivity index (χ3n) is 3.73. The first-order valence-electron chi connectivity index (χ1n) is 7.09. The predicted molar refractivity (Wildman–Crippen MR) is 70.8 cm³/mol. The van der Waals surface area contributed by atoms with Gasteiger partial charge in [0.05, 0.1) is 6.61 Å². The lowest BCUT2D eigenvalue weighted by molar-refractivity contribution is -0.141. The minimum absolute atomic E-state index is 0.0864. The summed E-state index contributed by atoms with van der Waals surface area (Å²) >= 11 is 0. The maximum atomic E-state index is 12.7. The van der Waals surface area contributed by atoms with Crippen LogP contribution in [0.2, 0.25) is 0 Å². The van der Waals surface area contributed by atoms with Crippen molar-refractivity contribution in [3.05, 3.63) is 23.4 Å². The van der Waals surface area contributed by atoms with Crippen LogP contribution in [0.25, 0.3) is 0 Å². The molecule has 1 aliphatic rings. The van der Waals surface area contributed by atoms with Gasteiger partial charge in [-0.3, -0.25) is 0 Å². The first kappa shape index (κ1) is 15.1. The van der Waals surface area contributed by atoms with Gasteiger partial charge in [-0.15, -0.1) is 0 Å². The second kappa shape index (κ2) is 6.02. The Kier molecular flexibility index (Phi) is 4.55. The molecule has 0 bridgehead atoms. The first-order chi connectivity index (χ1) is 9.38. The van der Waals surface area contributed by atoms with Crippen molar-refractivity contribution in [2.24, 2.45) is 5.92 Å². The summed E-state index contributed by atoms with van der Waals surface area (Å²) in [6.07, 6.45) is 0.120. The fourth-order valence-corrected chi connectivity index (χ4v) is 2.54. The van der Waals surface area contributed by atoms with Gasteiger partial charge in [-0.25, -0.2) is 4.98 Å². The van der Waals surface area contributed by atoms with Gasteiger partial charge >= 0.3 is 6.18 Å². The minimum atomic E-state index is -4.43. The molecule has 112 valence electrons. The summed E-state index contributed by atoms with van der Waals surface area (Å²) in [6, 6.07) is 2.50. The van der Waals surface area contributed by atoms with Crippen LogP contribution >= 0.6 is 0 Å². The number of pyridine rings is 1. The van der Waals surface area contributed by atoms with Gasteiger partial charge in [-0.2, -0.15) is 13.2 Å². The quantitative estimate of drug-likeness (QED) is 0.794. The SMILES string of the molecule is CC(C)c1ccc(C(F)(F)F)nc1OCC1CCCC1. The third-order valence-corrected chi connectivity index (χ3v) is 3.73. The second-order valence-electron chi connectivity index (χ2n) is 5.70. The zero-order valence-electron chi connectivity index (χ0n) is 11.8. The molecule has 1 aromatic rings. The lowest BCUT2D eigenvalue weighted by Gasteiger charge is -2.17. The van der Waals surface area contributed by atoms with Crippen LogP contribution in [0.3, 0.4) is 0 Å². The molecule has 2 nitrogen and oxygen atoms in total. The molecule has 1 saturated carbocycles. The predicted octanol–water partition coefficient (Wildman–Crippen LogP) is 4.79. The van der Waals surface area contributed by atoms with E-state index in [2.05, 4.69) is 4.98 Å². The lowest BCUT2D eigenvalue weighted by atomic mass is 10.0. The number of aromatic nitrogens is 1. The molecule has 1 aromatic heterocycles. The van der Waals surface area contributed by atoms with Crippen LogP contribution in [-0.2, 0) is 6.18 Å². The van der Waals surface area contributed by atoms with E-state index in [0.717, 1.165) is 24.5 Å².